The number of aromatic nitrogens is 2. The number of nitrogens with two attached hydrogens (primary N) is 1. The molecule has 0 unspecified atom stereocenters. The maximum absolute atomic E-state index is 12.3. The Bertz CT molecular complexity index is 1070. The van der Waals surface area contributed by atoms with Gasteiger partial charge in [-0.25, -0.2) is 4.98 Å². The van der Waals surface area contributed by atoms with Gasteiger partial charge in [0.1, 0.15) is 12.3 Å². The molecule has 0 radical (unpaired) electrons. The third-order valence-electron chi connectivity index (χ3n) is 4.05. The molecule has 0 aliphatic rings. The molecule has 0 aliphatic heterocycles. The van der Waals surface area contributed by atoms with Gasteiger partial charge in [-0.05, 0) is 36.4 Å². The SMILES string of the molecule is COc1ccc(-c2cc(=O)n(CC(=O)Nc3ccccc3C(N)=O)cn2)cc1. The second-order valence-corrected chi connectivity index (χ2v) is 5.93. The summed E-state index contributed by atoms with van der Waals surface area (Å²) in [5.74, 6) is -0.432. The molecule has 2 amide bonds. The van der Waals surface area contributed by atoms with E-state index in [4.69, 9.17) is 10.5 Å². The highest BCUT2D eigenvalue weighted by Gasteiger charge is 2.12. The normalized spacial score (nSPS) is 10.3. The van der Waals surface area contributed by atoms with Crippen LogP contribution < -0.4 is 21.3 Å². The van der Waals surface area contributed by atoms with Gasteiger partial charge in [-0.15, -0.1) is 0 Å². The first-order chi connectivity index (χ1) is 13.5. The van der Waals surface area contributed by atoms with Gasteiger partial charge in [-0.1, -0.05) is 12.1 Å². The molecule has 0 aliphatic carbocycles. The molecule has 3 aromatic rings. The van der Waals surface area contributed by atoms with Crippen LogP contribution in [-0.2, 0) is 11.3 Å². The number of anilines is 1. The van der Waals surface area contributed by atoms with Crippen LogP contribution in [0.15, 0.2) is 65.7 Å². The van der Waals surface area contributed by atoms with E-state index in [0.29, 0.717) is 11.4 Å². The molecule has 0 saturated carbocycles. The van der Waals surface area contributed by atoms with Crippen molar-refractivity contribution in [3.8, 4) is 17.0 Å². The minimum Gasteiger partial charge on any atom is -0.497 e. The van der Waals surface area contributed by atoms with E-state index >= 15 is 0 Å². The summed E-state index contributed by atoms with van der Waals surface area (Å²) in [6.07, 6.45) is 1.31. The largest absolute Gasteiger partial charge is 0.497 e. The van der Waals surface area contributed by atoms with Gasteiger partial charge in [0, 0.05) is 11.6 Å². The second-order valence-electron chi connectivity index (χ2n) is 5.93. The zero-order valence-corrected chi connectivity index (χ0v) is 15.1. The molecule has 0 saturated heterocycles. The Kier molecular flexibility index (Phi) is 5.50. The lowest BCUT2D eigenvalue weighted by Crippen LogP contribution is -2.28. The van der Waals surface area contributed by atoms with Crippen LogP contribution >= 0.6 is 0 Å². The van der Waals surface area contributed by atoms with Crippen LogP contribution in [0, 0.1) is 0 Å². The van der Waals surface area contributed by atoms with Gasteiger partial charge in [-0.3, -0.25) is 19.0 Å². The summed E-state index contributed by atoms with van der Waals surface area (Å²) in [6.45, 7) is -0.248. The minimum atomic E-state index is -0.654. The van der Waals surface area contributed by atoms with Crippen molar-refractivity contribution in [3.05, 3.63) is 76.8 Å². The summed E-state index contributed by atoms with van der Waals surface area (Å²) < 4.78 is 6.28. The zero-order chi connectivity index (χ0) is 20.1. The van der Waals surface area contributed by atoms with E-state index in [-0.39, 0.29) is 23.4 Å². The summed E-state index contributed by atoms with van der Waals surface area (Å²) in [5, 5.41) is 2.59. The van der Waals surface area contributed by atoms with Crippen molar-refractivity contribution in [2.45, 2.75) is 6.54 Å². The van der Waals surface area contributed by atoms with Gasteiger partial charge >= 0.3 is 0 Å². The van der Waals surface area contributed by atoms with Crippen molar-refractivity contribution < 1.29 is 14.3 Å². The Labute approximate surface area is 160 Å². The molecular weight excluding hydrogens is 360 g/mol. The van der Waals surface area contributed by atoms with Gasteiger partial charge in [0.25, 0.3) is 11.5 Å². The highest BCUT2D eigenvalue weighted by atomic mass is 16.5. The number of hydrogen-bond acceptors (Lipinski definition) is 5. The molecule has 0 bridgehead atoms. The molecule has 8 heteroatoms. The van der Waals surface area contributed by atoms with Crippen LogP contribution in [-0.4, -0.2) is 28.5 Å². The van der Waals surface area contributed by atoms with E-state index in [1.54, 1.807) is 49.6 Å². The van der Waals surface area contributed by atoms with Crippen LogP contribution in [0.2, 0.25) is 0 Å². The fourth-order valence-electron chi connectivity index (χ4n) is 2.62. The van der Waals surface area contributed by atoms with Crippen LogP contribution in [0.5, 0.6) is 5.75 Å². The molecular formula is C20H18N4O4. The molecule has 28 heavy (non-hydrogen) atoms. The topological polar surface area (TPSA) is 116 Å². The van der Waals surface area contributed by atoms with E-state index in [9.17, 15) is 14.4 Å². The number of nitrogens with one attached hydrogen (secondary N) is 1. The number of rotatable bonds is 6. The predicted octanol–water partition coefficient (Wildman–Crippen LogP) is 1.66. The quantitative estimate of drug-likeness (QED) is 0.677. The first-order valence-electron chi connectivity index (χ1n) is 8.37. The molecule has 0 spiro atoms. The lowest BCUT2D eigenvalue weighted by molar-refractivity contribution is -0.116. The van der Waals surface area contributed by atoms with Crippen molar-refractivity contribution in [2.24, 2.45) is 5.73 Å². The smallest absolute Gasteiger partial charge is 0.254 e. The third-order valence-corrected chi connectivity index (χ3v) is 4.05. The number of amides is 2. The van der Waals surface area contributed by atoms with Crippen LogP contribution in [0.1, 0.15) is 10.4 Å². The summed E-state index contributed by atoms with van der Waals surface area (Å²) in [6, 6.07) is 14.9. The van der Waals surface area contributed by atoms with Crippen LogP contribution in [0.25, 0.3) is 11.3 Å². The van der Waals surface area contributed by atoms with E-state index in [0.717, 1.165) is 5.56 Å². The van der Waals surface area contributed by atoms with Gasteiger partial charge < -0.3 is 15.8 Å². The molecule has 3 rings (SSSR count). The highest BCUT2D eigenvalue weighted by molar-refractivity contribution is 6.02. The molecule has 3 N–H and O–H groups in total. The average molecular weight is 378 g/mol. The first kappa shape index (κ1) is 18.8. The summed E-state index contributed by atoms with van der Waals surface area (Å²) in [4.78, 5) is 40.3. The molecule has 142 valence electrons. The van der Waals surface area contributed by atoms with Gasteiger partial charge in [-0.2, -0.15) is 0 Å². The number of hydrogen-bond donors (Lipinski definition) is 2. The summed E-state index contributed by atoms with van der Waals surface area (Å²) in [7, 11) is 1.57. The second kappa shape index (κ2) is 8.17. The first-order valence-corrected chi connectivity index (χ1v) is 8.37. The maximum Gasteiger partial charge on any atom is 0.254 e. The lowest BCUT2D eigenvalue weighted by Gasteiger charge is -2.10. The number of benzene rings is 2. The number of carbonyl (C=O) groups excluding carboxylic acids is 2. The Balaban J connectivity index is 1.75. The fraction of sp³-hybridized carbons (Fsp3) is 0.100. The molecule has 0 fully saturated rings. The molecule has 8 nitrogen and oxygen atoms in total. The van der Waals surface area contributed by atoms with Crippen molar-refractivity contribution in [1.82, 2.24) is 9.55 Å². The van der Waals surface area contributed by atoms with Crippen molar-refractivity contribution in [1.29, 1.82) is 0 Å². The Morgan fingerprint density at radius 3 is 2.50 bits per heavy atom. The van der Waals surface area contributed by atoms with Crippen molar-refractivity contribution in [2.75, 3.05) is 12.4 Å². The Hall–Kier alpha value is -3.94. The minimum absolute atomic E-state index is 0.191. The van der Waals surface area contributed by atoms with Crippen molar-refractivity contribution in [3.63, 3.8) is 0 Å². The molecule has 0 atom stereocenters. The van der Waals surface area contributed by atoms with Gasteiger partial charge in [0.15, 0.2) is 0 Å². The number of methoxy groups -OCH3 is 1. The monoisotopic (exact) mass is 378 g/mol. The number of nitrogens with zero attached hydrogens (tertiary/aromatic N) is 2. The number of carbonyl (C=O) groups is 2. The van der Waals surface area contributed by atoms with Crippen molar-refractivity contribution >= 4 is 17.5 Å². The number of primary amides is 1. The van der Waals surface area contributed by atoms with E-state index < -0.39 is 11.8 Å². The third kappa shape index (κ3) is 4.24. The van der Waals surface area contributed by atoms with Gasteiger partial charge in [0.2, 0.25) is 5.91 Å². The van der Waals surface area contributed by atoms with E-state index in [1.165, 1.54) is 23.0 Å². The standard InChI is InChI=1S/C20H18N4O4/c1-28-14-8-6-13(7-9-14)17-10-19(26)24(12-22-17)11-18(25)23-16-5-3-2-4-15(16)20(21)27/h2-10,12H,11H2,1H3,(H2,21,27)(H,23,25). The Morgan fingerprint density at radius 1 is 1.14 bits per heavy atom. The predicted molar refractivity (Wildman–Crippen MR) is 104 cm³/mol. The molecule has 1 heterocycles. The van der Waals surface area contributed by atoms with E-state index in [1.807, 2.05) is 0 Å². The van der Waals surface area contributed by atoms with Crippen LogP contribution in [0.4, 0.5) is 5.69 Å². The van der Waals surface area contributed by atoms with Gasteiger partial charge in [0.05, 0.1) is 30.4 Å². The summed E-state index contributed by atoms with van der Waals surface area (Å²) in [5.41, 5.74) is 6.64. The molecule has 2 aromatic carbocycles. The zero-order valence-electron chi connectivity index (χ0n) is 15.1. The maximum atomic E-state index is 12.3. The average Bonchev–Trinajstić information content (AvgIpc) is 2.70. The lowest BCUT2D eigenvalue weighted by atomic mass is 10.1. The van der Waals surface area contributed by atoms with Crippen LogP contribution in [0.3, 0.4) is 0 Å². The van der Waals surface area contributed by atoms with E-state index in [2.05, 4.69) is 10.3 Å². The summed E-state index contributed by atoms with van der Waals surface area (Å²) >= 11 is 0. The molecule has 1 aromatic heterocycles. The number of para-hydroxylation sites is 1. The fourth-order valence-corrected chi connectivity index (χ4v) is 2.62. The number of ether oxygens (including phenoxy) is 1. The highest BCUT2D eigenvalue weighted by Crippen LogP contribution is 2.19. The Morgan fingerprint density at radius 2 is 1.86 bits per heavy atom.